The van der Waals surface area contributed by atoms with Gasteiger partial charge in [-0.05, 0) is 32.9 Å². The van der Waals surface area contributed by atoms with Crippen molar-refractivity contribution in [2.45, 2.75) is 20.8 Å². The molecule has 0 spiro atoms. The first-order chi connectivity index (χ1) is 7.91. The van der Waals surface area contributed by atoms with E-state index in [1.165, 1.54) is 26.1 Å². The Morgan fingerprint density at radius 2 is 2.12 bits per heavy atom. The standard InChI is InChI=1S/C12H14FNO3/c1-4-17-11(16)12(2,3)10(15)9-8(13)6-5-7-14-9/h5-7H,4H2,1-3H3. The van der Waals surface area contributed by atoms with Gasteiger partial charge < -0.3 is 4.74 Å². The topological polar surface area (TPSA) is 56.3 Å². The van der Waals surface area contributed by atoms with Gasteiger partial charge in [0.2, 0.25) is 5.78 Å². The first-order valence-corrected chi connectivity index (χ1v) is 5.23. The second kappa shape index (κ2) is 5.03. The molecule has 0 aliphatic rings. The minimum atomic E-state index is -1.44. The molecule has 5 heteroatoms. The van der Waals surface area contributed by atoms with Gasteiger partial charge in [-0.1, -0.05) is 0 Å². The van der Waals surface area contributed by atoms with Crippen LogP contribution in [0.3, 0.4) is 0 Å². The minimum Gasteiger partial charge on any atom is -0.465 e. The van der Waals surface area contributed by atoms with Gasteiger partial charge in [0.15, 0.2) is 5.82 Å². The summed E-state index contributed by atoms with van der Waals surface area (Å²) in [6.45, 7) is 4.59. The van der Waals surface area contributed by atoms with Gasteiger partial charge in [-0.3, -0.25) is 9.59 Å². The van der Waals surface area contributed by atoms with Crippen molar-refractivity contribution in [2.75, 3.05) is 6.61 Å². The fourth-order valence-corrected chi connectivity index (χ4v) is 1.25. The number of hydrogen-bond acceptors (Lipinski definition) is 4. The molecule has 0 aromatic carbocycles. The van der Waals surface area contributed by atoms with Crippen molar-refractivity contribution in [3.05, 3.63) is 29.8 Å². The van der Waals surface area contributed by atoms with Crippen LogP contribution in [0, 0.1) is 11.2 Å². The maximum Gasteiger partial charge on any atom is 0.319 e. The molecule has 1 aromatic rings. The number of aromatic nitrogens is 1. The molecule has 1 aromatic heterocycles. The molecular formula is C12H14FNO3. The van der Waals surface area contributed by atoms with Crippen molar-refractivity contribution in [3.8, 4) is 0 Å². The summed E-state index contributed by atoms with van der Waals surface area (Å²) >= 11 is 0. The number of pyridine rings is 1. The number of hydrogen-bond donors (Lipinski definition) is 0. The van der Waals surface area contributed by atoms with Gasteiger partial charge in [0.25, 0.3) is 0 Å². The van der Waals surface area contributed by atoms with Crippen LogP contribution < -0.4 is 0 Å². The van der Waals surface area contributed by atoms with E-state index in [4.69, 9.17) is 4.74 Å². The van der Waals surface area contributed by atoms with E-state index in [1.54, 1.807) is 6.92 Å². The fourth-order valence-electron chi connectivity index (χ4n) is 1.25. The summed E-state index contributed by atoms with van der Waals surface area (Å²) in [5.74, 6) is -2.11. The Hall–Kier alpha value is -1.78. The highest BCUT2D eigenvalue weighted by atomic mass is 19.1. The average molecular weight is 239 g/mol. The lowest BCUT2D eigenvalue weighted by Crippen LogP contribution is -2.36. The van der Waals surface area contributed by atoms with Crippen LogP contribution in [0.15, 0.2) is 18.3 Å². The Morgan fingerprint density at radius 1 is 1.47 bits per heavy atom. The molecule has 0 atom stereocenters. The highest BCUT2D eigenvalue weighted by Gasteiger charge is 2.39. The molecule has 17 heavy (non-hydrogen) atoms. The van der Waals surface area contributed by atoms with Gasteiger partial charge in [0, 0.05) is 6.20 Å². The molecule has 0 radical (unpaired) electrons. The smallest absolute Gasteiger partial charge is 0.319 e. The zero-order valence-corrected chi connectivity index (χ0v) is 9.99. The van der Waals surface area contributed by atoms with Crippen molar-refractivity contribution in [2.24, 2.45) is 5.41 Å². The number of carbonyl (C=O) groups excluding carboxylic acids is 2. The summed E-state index contributed by atoms with van der Waals surface area (Å²) in [6, 6.07) is 2.50. The number of nitrogens with zero attached hydrogens (tertiary/aromatic N) is 1. The number of esters is 1. The first kappa shape index (κ1) is 13.3. The van der Waals surface area contributed by atoms with Gasteiger partial charge in [-0.25, -0.2) is 9.37 Å². The molecule has 1 heterocycles. The highest BCUT2D eigenvalue weighted by Crippen LogP contribution is 2.24. The van der Waals surface area contributed by atoms with Crippen LogP contribution >= 0.6 is 0 Å². The zero-order chi connectivity index (χ0) is 13.1. The van der Waals surface area contributed by atoms with Crippen molar-refractivity contribution >= 4 is 11.8 Å². The second-order valence-electron chi connectivity index (χ2n) is 4.01. The minimum absolute atomic E-state index is 0.167. The number of ketones is 1. The van der Waals surface area contributed by atoms with Crippen molar-refractivity contribution in [3.63, 3.8) is 0 Å². The normalized spacial score (nSPS) is 11.1. The van der Waals surface area contributed by atoms with Crippen molar-refractivity contribution in [1.29, 1.82) is 0 Å². The van der Waals surface area contributed by atoms with Gasteiger partial charge in [0.05, 0.1) is 6.61 Å². The van der Waals surface area contributed by atoms with Crippen LogP contribution in [0.1, 0.15) is 31.3 Å². The fraction of sp³-hybridized carbons (Fsp3) is 0.417. The lowest BCUT2D eigenvalue weighted by atomic mass is 9.86. The lowest BCUT2D eigenvalue weighted by molar-refractivity contribution is -0.150. The van der Waals surface area contributed by atoms with Crippen LogP contribution in [0.25, 0.3) is 0 Å². The third-order valence-electron chi connectivity index (χ3n) is 2.33. The molecular weight excluding hydrogens is 225 g/mol. The van der Waals surface area contributed by atoms with Crippen LogP contribution in [0.4, 0.5) is 4.39 Å². The van der Waals surface area contributed by atoms with E-state index in [-0.39, 0.29) is 12.3 Å². The van der Waals surface area contributed by atoms with Crippen molar-refractivity contribution < 1.29 is 18.7 Å². The molecule has 0 bridgehead atoms. The van der Waals surface area contributed by atoms with E-state index in [0.717, 1.165) is 6.07 Å². The number of ether oxygens (including phenoxy) is 1. The van der Waals surface area contributed by atoms with E-state index in [1.807, 2.05) is 0 Å². The zero-order valence-electron chi connectivity index (χ0n) is 9.99. The molecule has 1 rings (SSSR count). The Kier molecular flexibility index (Phi) is 3.93. The quantitative estimate of drug-likeness (QED) is 0.458. The average Bonchev–Trinajstić information content (AvgIpc) is 2.29. The summed E-state index contributed by atoms with van der Waals surface area (Å²) < 4.78 is 18.2. The van der Waals surface area contributed by atoms with E-state index in [0.29, 0.717) is 0 Å². The summed E-state index contributed by atoms with van der Waals surface area (Å²) in [7, 11) is 0. The predicted octanol–water partition coefficient (Wildman–Crippen LogP) is 1.99. The Bertz CT molecular complexity index is 443. The van der Waals surface area contributed by atoms with E-state index >= 15 is 0 Å². The maximum atomic E-state index is 13.4. The molecule has 0 amide bonds. The molecule has 0 fully saturated rings. The van der Waals surface area contributed by atoms with E-state index in [2.05, 4.69) is 4.98 Å². The molecule has 0 saturated heterocycles. The summed E-state index contributed by atoms with van der Waals surface area (Å²) in [4.78, 5) is 27.3. The lowest BCUT2D eigenvalue weighted by Gasteiger charge is -2.20. The summed E-state index contributed by atoms with van der Waals surface area (Å²) in [6.07, 6.45) is 1.30. The maximum absolute atomic E-state index is 13.4. The first-order valence-electron chi connectivity index (χ1n) is 5.23. The molecule has 0 saturated carbocycles. The van der Waals surface area contributed by atoms with Gasteiger partial charge in [0.1, 0.15) is 11.1 Å². The SMILES string of the molecule is CCOC(=O)C(C)(C)C(=O)c1ncccc1F. The Balaban J connectivity index is 3.05. The molecule has 0 aliphatic heterocycles. The molecule has 4 nitrogen and oxygen atoms in total. The van der Waals surface area contributed by atoms with Crippen LogP contribution in [-0.4, -0.2) is 23.3 Å². The number of rotatable bonds is 4. The number of Topliss-reactive ketones (excluding diaryl/α,β-unsaturated/α-hetero) is 1. The van der Waals surface area contributed by atoms with Crippen molar-refractivity contribution in [1.82, 2.24) is 4.98 Å². The van der Waals surface area contributed by atoms with Crippen LogP contribution in [0.5, 0.6) is 0 Å². The molecule has 0 aliphatic carbocycles. The third-order valence-corrected chi connectivity index (χ3v) is 2.33. The van der Waals surface area contributed by atoms with Crippen LogP contribution in [-0.2, 0) is 9.53 Å². The summed E-state index contributed by atoms with van der Waals surface area (Å²) in [5, 5.41) is 0. The second-order valence-corrected chi connectivity index (χ2v) is 4.01. The molecule has 0 unspecified atom stereocenters. The number of carbonyl (C=O) groups is 2. The largest absolute Gasteiger partial charge is 0.465 e. The third kappa shape index (κ3) is 2.67. The summed E-state index contributed by atoms with van der Waals surface area (Å²) in [5.41, 5.74) is -1.78. The Morgan fingerprint density at radius 3 is 2.65 bits per heavy atom. The molecule has 92 valence electrons. The Labute approximate surface area is 98.8 Å². The van der Waals surface area contributed by atoms with Gasteiger partial charge >= 0.3 is 5.97 Å². The monoisotopic (exact) mass is 239 g/mol. The van der Waals surface area contributed by atoms with E-state index in [9.17, 15) is 14.0 Å². The van der Waals surface area contributed by atoms with Crippen LogP contribution in [0.2, 0.25) is 0 Å². The number of halogens is 1. The van der Waals surface area contributed by atoms with Gasteiger partial charge in [-0.15, -0.1) is 0 Å². The molecule has 0 N–H and O–H groups in total. The highest BCUT2D eigenvalue weighted by molar-refractivity contribution is 6.10. The predicted molar refractivity (Wildman–Crippen MR) is 58.9 cm³/mol. The van der Waals surface area contributed by atoms with E-state index < -0.39 is 23.0 Å². The van der Waals surface area contributed by atoms with Gasteiger partial charge in [-0.2, -0.15) is 0 Å².